The largest absolute Gasteiger partial charge is 0.357 e. The highest BCUT2D eigenvalue weighted by atomic mass is 15.2. The van der Waals surface area contributed by atoms with Crippen LogP contribution in [0.3, 0.4) is 0 Å². The van der Waals surface area contributed by atoms with Gasteiger partial charge in [-0.1, -0.05) is 13.0 Å². The molecule has 0 spiro atoms. The summed E-state index contributed by atoms with van der Waals surface area (Å²) >= 11 is 0. The Morgan fingerprint density at radius 3 is 2.67 bits per heavy atom. The first-order valence-corrected chi connectivity index (χ1v) is 8.20. The number of nitrogens with one attached hydrogen (secondary N) is 1. The van der Waals surface area contributed by atoms with Gasteiger partial charge in [-0.3, -0.25) is 0 Å². The minimum Gasteiger partial charge on any atom is -0.357 e. The Morgan fingerprint density at radius 2 is 2.05 bits per heavy atom. The topological polar surface area (TPSA) is 31.4 Å². The third-order valence-corrected chi connectivity index (χ3v) is 4.52. The molecule has 1 aliphatic rings. The average Bonchev–Trinajstić information content (AvgIpc) is 2.49. The number of hydrogen-bond donors (Lipinski definition) is 1. The lowest BCUT2D eigenvalue weighted by Gasteiger charge is -2.36. The molecule has 1 saturated heterocycles. The Morgan fingerprint density at radius 1 is 1.33 bits per heavy atom. The summed E-state index contributed by atoms with van der Waals surface area (Å²) in [4.78, 5) is 9.59. The van der Waals surface area contributed by atoms with Crippen LogP contribution in [0.1, 0.15) is 37.4 Å². The van der Waals surface area contributed by atoms with Crippen LogP contribution in [0.15, 0.2) is 12.1 Å². The third-order valence-electron chi connectivity index (χ3n) is 4.52. The lowest BCUT2D eigenvalue weighted by atomic mass is 10.0. The van der Waals surface area contributed by atoms with Gasteiger partial charge in [0.1, 0.15) is 5.82 Å². The van der Waals surface area contributed by atoms with Crippen LogP contribution in [0.5, 0.6) is 0 Å². The lowest BCUT2D eigenvalue weighted by Crippen LogP contribution is -2.42. The maximum Gasteiger partial charge on any atom is 0.128 e. The van der Waals surface area contributed by atoms with Crippen LogP contribution < -0.4 is 10.2 Å². The number of likely N-dealkylation sites (tertiary alicyclic amines) is 1. The summed E-state index contributed by atoms with van der Waals surface area (Å²) in [7, 11) is 4.39. The fourth-order valence-electron chi connectivity index (χ4n) is 2.93. The summed E-state index contributed by atoms with van der Waals surface area (Å²) in [5, 5.41) is 3.45. The van der Waals surface area contributed by atoms with Crippen LogP contribution in [0.4, 0.5) is 5.82 Å². The van der Waals surface area contributed by atoms with E-state index in [-0.39, 0.29) is 0 Å². The third kappa shape index (κ3) is 4.42. The second kappa shape index (κ2) is 7.76. The van der Waals surface area contributed by atoms with Gasteiger partial charge < -0.3 is 15.1 Å². The van der Waals surface area contributed by atoms with Crippen molar-refractivity contribution in [1.29, 1.82) is 0 Å². The van der Waals surface area contributed by atoms with E-state index < -0.39 is 0 Å². The van der Waals surface area contributed by atoms with Crippen LogP contribution in [-0.4, -0.2) is 49.7 Å². The molecular weight excluding hydrogens is 260 g/mol. The average molecular weight is 290 g/mol. The molecule has 0 radical (unpaired) electrons. The number of rotatable bonds is 6. The van der Waals surface area contributed by atoms with Gasteiger partial charge >= 0.3 is 0 Å². The number of hydrogen-bond acceptors (Lipinski definition) is 4. The smallest absolute Gasteiger partial charge is 0.128 e. The lowest BCUT2D eigenvalue weighted by molar-refractivity contribution is 0.252. The molecule has 2 heterocycles. The molecule has 118 valence electrons. The van der Waals surface area contributed by atoms with Gasteiger partial charge in [-0.15, -0.1) is 0 Å². The standard InChI is InChI=1S/C17H30N4/c1-5-10-18-13-15-6-7-17(19-14(15)2)21(4)16-8-11-20(3)12-9-16/h6-7,16,18H,5,8-13H2,1-4H3. The fraction of sp³-hybridized carbons (Fsp3) is 0.706. The van der Waals surface area contributed by atoms with Crippen molar-refractivity contribution in [3.63, 3.8) is 0 Å². The molecule has 0 amide bonds. The molecule has 1 aromatic rings. The molecule has 2 rings (SSSR count). The van der Waals surface area contributed by atoms with Gasteiger partial charge in [-0.05, 0) is 64.5 Å². The number of aromatic nitrogens is 1. The zero-order chi connectivity index (χ0) is 15.2. The number of pyridine rings is 1. The number of aryl methyl sites for hydroxylation is 1. The maximum absolute atomic E-state index is 4.82. The Labute approximate surface area is 129 Å². The van der Waals surface area contributed by atoms with E-state index in [1.54, 1.807) is 0 Å². The zero-order valence-corrected chi connectivity index (χ0v) is 14.0. The van der Waals surface area contributed by atoms with E-state index in [1.165, 1.54) is 37.9 Å². The number of anilines is 1. The number of piperidine rings is 1. The molecule has 1 N–H and O–H groups in total. The first kappa shape index (κ1) is 16.2. The van der Waals surface area contributed by atoms with Crippen LogP contribution in [-0.2, 0) is 6.54 Å². The van der Waals surface area contributed by atoms with Gasteiger partial charge in [0.15, 0.2) is 0 Å². The predicted octanol–water partition coefficient (Wildman–Crippen LogP) is 2.42. The van der Waals surface area contributed by atoms with Crippen molar-refractivity contribution in [2.45, 2.75) is 45.7 Å². The highest BCUT2D eigenvalue weighted by Gasteiger charge is 2.21. The minimum atomic E-state index is 0.622. The first-order valence-electron chi connectivity index (χ1n) is 8.20. The van der Waals surface area contributed by atoms with Crippen molar-refractivity contribution in [1.82, 2.24) is 15.2 Å². The molecule has 0 unspecified atom stereocenters. The van der Waals surface area contributed by atoms with E-state index in [2.05, 4.69) is 55.2 Å². The molecule has 0 bridgehead atoms. The molecule has 1 aromatic heterocycles. The molecule has 0 atom stereocenters. The number of nitrogens with zero attached hydrogens (tertiary/aromatic N) is 3. The van der Waals surface area contributed by atoms with E-state index in [0.29, 0.717) is 6.04 Å². The van der Waals surface area contributed by atoms with Gasteiger partial charge in [0, 0.05) is 25.3 Å². The highest BCUT2D eigenvalue weighted by Crippen LogP contribution is 2.21. The SMILES string of the molecule is CCCNCc1ccc(N(C)C2CCN(C)CC2)nc1C. The van der Waals surface area contributed by atoms with Crippen molar-refractivity contribution in [2.75, 3.05) is 38.6 Å². The Hall–Kier alpha value is -1.13. The maximum atomic E-state index is 4.82. The van der Waals surface area contributed by atoms with Crippen LogP contribution >= 0.6 is 0 Å². The van der Waals surface area contributed by atoms with E-state index in [4.69, 9.17) is 4.98 Å². The van der Waals surface area contributed by atoms with Crippen molar-refractivity contribution in [3.05, 3.63) is 23.4 Å². The molecule has 4 nitrogen and oxygen atoms in total. The van der Waals surface area contributed by atoms with E-state index >= 15 is 0 Å². The van der Waals surface area contributed by atoms with Gasteiger partial charge in [0.25, 0.3) is 0 Å². The highest BCUT2D eigenvalue weighted by molar-refractivity contribution is 5.42. The van der Waals surface area contributed by atoms with Gasteiger partial charge in [0.2, 0.25) is 0 Å². The Balaban J connectivity index is 1.98. The van der Waals surface area contributed by atoms with Gasteiger partial charge in [-0.25, -0.2) is 4.98 Å². The van der Waals surface area contributed by atoms with Gasteiger partial charge in [-0.2, -0.15) is 0 Å². The second-order valence-electron chi connectivity index (χ2n) is 6.24. The summed E-state index contributed by atoms with van der Waals surface area (Å²) < 4.78 is 0. The van der Waals surface area contributed by atoms with E-state index in [0.717, 1.165) is 24.6 Å². The van der Waals surface area contributed by atoms with Crippen molar-refractivity contribution in [3.8, 4) is 0 Å². The van der Waals surface area contributed by atoms with Crippen molar-refractivity contribution in [2.24, 2.45) is 0 Å². The molecule has 0 saturated carbocycles. The van der Waals surface area contributed by atoms with Crippen LogP contribution in [0.25, 0.3) is 0 Å². The van der Waals surface area contributed by atoms with Crippen molar-refractivity contribution >= 4 is 5.82 Å². The Bertz CT molecular complexity index is 438. The molecule has 4 heteroatoms. The second-order valence-corrected chi connectivity index (χ2v) is 6.24. The van der Waals surface area contributed by atoms with Crippen molar-refractivity contribution < 1.29 is 0 Å². The molecule has 1 fully saturated rings. The van der Waals surface area contributed by atoms with E-state index in [1.807, 2.05) is 0 Å². The minimum absolute atomic E-state index is 0.622. The molecular formula is C17H30N4. The van der Waals surface area contributed by atoms with E-state index in [9.17, 15) is 0 Å². The predicted molar refractivity (Wildman–Crippen MR) is 89.9 cm³/mol. The summed E-state index contributed by atoms with van der Waals surface area (Å²) in [6, 6.07) is 5.03. The molecule has 1 aliphatic heterocycles. The normalized spacial score (nSPS) is 17.1. The monoisotopic (exact) mass is 290 g/mol. The zero-order valence-electron chi connectivity index (χ0n) is 14.0. The van der Waals surface area contributed by atoms with Crippen LogP contribution in [0.2, 0.25) is 0 Å². The molecule has 21 heavy (non-hydrogen) atoms. The summed E-state index contributed by atoms with van der Waals surface area (Å²) in [5.41, 5.74) is 2.46. The Kier molecular flexibility index (Phi) is 6.00. The molecule has 0 aliphatic carbocycles. The van der Waals surface area contributed by atoms with Crippen LogP contribution in [0, 0.1) is 6.92 Å². The summed E-state index contributed by atoms with van der Waals surface area (Å²) in [6.07, 6.45) is 3.63. The fourth-order valence-corrected chi connectivity index (χ4v) is 2.93. The summed E-state index contributed by atoms with van der Waals surface area (Å²) in [5.74, 6) is 1.11. The van der Waals surface area contributed by atoms with Gasteiger partial charge in [0.05, 0.1) is 0 Å². The first-order chi connectivity index (χ1) is 10.1. The molecule has 0 aromatic carbocycles. The quantitative estimate of drug-likeness (QED) is 0.815. The summed E-state index contributed by atoms with van der Waals surface area (Å²) in [6.45, 7) is 8.67.